The fraction of sp³-hybridized carbons (Fsp3) is 0.0690. The first-order chi connectivity index (χ1) is 16.1. The second-order valence-corrected chi connectivity index (χ2v) is 10.5. The van der Waals surface area contributed by atoms with Crippen LogP contribution in [0.1, 0.15) is 26.4 Å². The molecule has 6 rings (SSSR count). The van der Waals surface area contributed by atoms with Gasteiger partial charge in [0.15, 0.2) is 0 Å². The van der Waals surface area contributed by atoms with E-state index in [2.05, 4.69) is 85.8 Å². The molecule has 0 fully saturated rings. The van der Waals surface area contributed by atoms with Gasteiger partial charge in [-0.3, -0.25) is 0 Å². The van der Waals surface area contributed by atoms with Crippen LogP contribution < -0.4 is 4.90 Å². The molecule has 2 aliphatic carbocycles. The number of benzene rings is 2. The van der Waals surface area contributed by atoms with E-state index < -0.39 is 0 Å². The van der Waals surface area contributed by atoms with Crippen molar-refractivity contribution in [2.24, 2.45) is 0 Å². The average molecular weight is 461 g/mol. The minimum absolute atomic E-state index is 0.694. The maximum Gasteiger partial charge on any atom is 0.0991 e. The molecule has 0 N–H and O–H groups in total. The predicted octanol–water partition coefficient (Wildman–Crippen LogP) is 8.05. The number of hydrogen-bond donors (Lipinski definition) is 0. The van der Waals surface area contributed by atoms with E-state index in [-0.39, 0.29) is 0 Å². The molecule has 2 nitrogen and oxygen atoms in total. The van der Waals surface area contributed by atoms with Crippen molar-refractivity contribution in [1.82, 2.24) is 0 Å². The van der Waals surface area contributed by atoms with Crippen molar-refractivity contribution in [3.63, 3.8) is 0 Å². The van der Waals surface area contributed by atoms with E-state index in [1.807, 2.05) is 46.9 Å². The molecule has 0 bridgehead atoms. The van der Waals surface area contributed by atoms with Crippen molar-refractivity contribution in [3.8, 4) is 27.0 Å². The van der Waals surface area contributed by atoms with E-state index >= 15 is 0 Å². The van der Waals surface area contributed by atoms with Crippen LogP contribution in [0, 0.1) is 11.3 Å². The summed E-state index contributed by atoms with van der Waals surface area (Å²) >= 11 is 3.70. The number of rotatable bonds is 3. The number of anilines is 1. The van der Waals surface area contributed by atoms with Crippen molar-refractivity contribution < 1.29 is 0 Å². The first kappa shape index (κ1) is 20.0. The van der Waals surface area contributed by atoms with Gasteiger partial charge in [0.1, 0.15) is 0 Å². The summed E-state index contributed by atoms with van der Waals surface area (Å²) in [5, 5.41) is 9.07. The molecule has 0 amide bonds. The minimum atomic E-state index is 0.694. The highest BCUT2D eigenvalue weighted by Crippen LogP contribution is 2.48. The molecule has 0 aliphatic heterocycles. The molecule has 0 saturated carbocycles. The van der Waals surface area contributed by atoms with Gasteiger partial charge in [0.25, 0.3) is 0 Å². The topological polar surface area (TPSA) is 27.0 Å². The lowest BCUT2D eigenvalue weighted by molar-refractivity contribution is 1.13. The molecule has 2 aliphatic rings. The van der Waals surface area contributed by atoms with Crippen LogP contribution in [-0.2, 0) is 0 Å². The van der Waals surface area contributed by atoms with Crippen LogP contribution in [0.15, 0.2) is 72.8 Å². The molecule has 0 atom stereocenters. The molecule has 158 valence electrons. The minimum Gasteiger partial charge on any atom is -0.378 e. The van der Waals surface area contributed by atoms with Gasteiger partial charge >= 0.3 is 0 Å². The molecule has 0 spiro atoms. The number of fused-ring (bicyclic) bond motifs is 2. The number of allylic oxidation sites excluding steroid dienone is 4. The molecule has 4 heteroatoms. The Morgan fingerprint density at radius 1 is 0.667 bits per heavy atom. The van der Waals surface area contributed by atoms with Crippen LogP contribution in [0.4, 0.5) is 5.69 Å². The standard InChI is InChI=1S/C29H20N2S2/c1-31(2)23-11-7-20(8-12-23)27-16-22-10-14-25(29(22)33-27)24-13-9-21-15-26(32-28(21)24)19-5-3-18(17-30)4-6-19/h3-16H,1-2H3/b25-24-. The Bertz CT molecular complexity index is 1520. The zero-order valence-corrected chi connectivity index (χ0v) is 19.9. The lowest BCUT2D eigenvalue weighted by atomic mass is 10.1. The second-order valence-electron chi connectivity index (χ2n) is 8.41. The van der Waals surface area contributed by atoms with Gasteiger partial charge in [-0.2, -0.15) is 5.26 Å². The smallest absolute Gasteiger partial charge is 0.0991 e. The lowest BCUT2D eigenvalue weighted by Crippen LogP contribution is -2.07. The van der Waals surface area contributed by atoms with Gasteiger partial charge in [-0.15, -0.1) is 22.7 Å². The number of nitriles is 1. The summed E-state index contributed by atoms with van der Waals surface area (Å²) in [6.07, 6.45) is 8.98. The zero-order chi connectivity index (χ0) is 22.5. The van der Waals surface area contributed by atoms with Gasteiger partial charge in [0.2, 0.25) is 0 Å². The average Bonchev–Trinajstić information content (AvgIpc) is 3.60. The van der Waals surface area contributed by atoms with E-state index in [0.29, 0.717) is 5.56 Å². The van der Waals surface area contributed by atoms with Gasteiger partial charge in [0, 0.05) is 50.4 Å². The van der Waals surface area contributed by atoms with Crippen LogP contribution in [0.5, 0.6) is 0 Å². The lowest BCUT2D eigenvalue weighted by Gasteiger charge is -2.12. The Labute approximate surface area is 201 Å². The van der Waals surface area contributed by atoms with Crippen LogP contribution in [-0.4, -0.2) is 14.1 Å². The van der Waals surface area contributed by atoms with Crippen LogP contribution >= 0.6 is 22.7 Å². The molecule has 4 aromatic rings. The molecule has 0 unspecified atom stereocenters. The number of nitrogens with zero attached hydrogens (tertiary/aromatic N) is 2. The SMILES string of the molecule is CN(C)c1ccc(-c2cc3c(s2)/C(=C2/C=Cc4cc(-c5ccc(C#N)cc5)sc42)C=C3)cc1. The Balaban J connectivity index is 1.36. The molecule has 2 heterocycles. The fourth-order valence-corrected chi connectivity index (χ4v) is 6.70. The Morgan fingerprint density at radius 2 is 1.15 bits per heavy atom. The van der Waals surface area contributed by atoms with E-state index in [0.717, 1.165) is 5.56 Å². The van der Waals surface area contributed by atoms with Crippen molar-refractivity contribution in [3.05, 3.63) is 99.3 Å². The normalized spacial score (nSPS) is 15.5. The first-order valence-corrected chi connectivity index (χ1v) is 12.4. The molecular formula is C29H20N2S2. The second kappa shape index (κ2) is 7.74. The summed E-state index contributed by atoms with van der Waals surface area (Å²) in [4.78, 5) is 7.34. The van der Waals surface area contributed by atoms with E-state index in [4.69, 9.17) is 5.26 Å². The third-order valence-corrected chi connectivity index (χ3v) is 8.59. The maximum absolute atomic E-state index is 9.07. The summed E-state index contributed by atoms with van der Waals surface area (Å²) in [7, 11) is 4.14. The van der Waals surface area contributed by atoms with Crippen LogP contribution in [0.2, 0.25) is 0 Å². The van der Waals surface area contributed by atoms with Crippen molar-refractivity contribution >= 4 is 51.7 Å². The largest absolute Gasteiger partial charge is 0.378 e. The summed E-state index contributed by atoms with van der Waals surface area (Å²) < 4.78 is 0. The van der Waals surface area contributed by atoms with Crippen LogP contribution in [0.3, 0.4) is 0 Å². The number of thiophene rings is 2. The van der Waals surface area contributed by atoms with E-state index in [9.17, 15) is 0 Å². The van der Waals surface area contributed by atoms with Gasteiger partial charge in [-0.25, -0.2) is 0 Å². The summed E-state index contributed by atoms with van der Waals surface area (Å²) in [6.45, 7) is 0. The van der Waals surface area contributed by atoms with Crippen molar-refractivity contribution in [2.75, 3.05) is 19.0 Å². The Morgan fingerprint density at radius 3 is 1.61 bits per heavy atom. The predicted molar refractivity (Wildman–Crippen MR) is 143 cm³/mol. The Hall–Kier alpha value is -3.65. The molecular weight excluding hydrogens is 440 g/mol. The third-order valence-electron chi connectivity index (χ3n) is 6.13. The first-order valence-electron chi connectivity index (χ1n) is 10.8. The van der Waals surface area contributed by atoms with Gasteiger partial charge in [-0.1, -0.05) is 48.6 Å². The zero-order valence-electron chi connectivity index (χ0n) is 18.3. The highest BCUT2D eigenvalue weighted by molar-refractivity contribution is 7.18. The summed E-state index contributed by atoms with van der Waals surface area (Å²) in [5.41, 5.74) is 9.53. The van der Waals surface area contributed by atoms with Crippen LogP contribution in [0.25, 0.3) is 44.2 Å². The Kier molecular flexibility index (Phi) is 4.69. The van der Waals surface area contributed by atoms with Gasteiger partial charge in [0.05, 0.1) is 11.6 Å². The highest BCUT2D eigenvalue weighted by Gasteiger charge is 2.24. The molecule has 2 aromatic heterocycles. The molecule has 33 heavy (non-hydrogen) atoms. The monoisotopic (exact) mass is 460 g/mol. The fourth-order valence-electron chi connectivity index (χ4n) is 4.32. The third kappa shape index (κ3) is 3.38. The maximum atomic E-state index is 9.07. The number of hydrogen-bond acceptors (Lipinski definition) is 4. The van der Waals surface area contributed by atoms with E-state index in [1.165, 1.54) is 53.0 Å². The molecule has 0 saturated heterocycles. The van der Waals surface area contributed by atoms with Crippen molar-refractivity contribution in [1.29, 1.82) is 5.26 Å². The highest BCUT2D eigenvalue weighted by atomic mass is 32.1. The quantitative estimate of drug-likeness (QED) is 0.309. The molecule has 0 radical (unpaired) electrons. The summed E-state index contributed by atoms with van der Waals surface area (Å²) in [6, 6.07) is 23.4. The van der Waals surface area contributed by atoms with Gasteiger partial charge < -0.3 is 4.90 Å². The summed E-state index contributed by atoms with van der Waals surface area (Å²) in [5.74, 6) is 0. The van der Waals surface area contributed by atoms with E-state index in [1.54, 1.807) is 0 Å². The van der Waals surface area contributed by atoms with Crippen molar-refractivity contribution in [2.45, 2.75) is 0 Å². The van der Waals surface area contributed by atoms with Gasteiger partial charge in [-0.05, 0) is 58.7 Å². The molecule has 2 aromatic carbocycles.